The molecule has 0 radical (unpaired) electrons. The number of amides is 2. The molecule has 24 heavy (non-hydrogen) atoms. The molecule has 1 aliphatic rings. The van der Waals surface area contributed by atoms with Gasteiger partial charge in [0.05, 0.1) is 19.1 Å². The third-order valence-electron chi connectivity index (χ3n) is 4.37. The monoisotopic (exact) mass is 344 g/mol. The fraction of sp³-hybridized carbons (Fsp3) is 0.333. The molecule has 1 fully saturated rings. The molecule has 126 valence electrons. The number of carbonyl (C=O) groups is 2. The van der Waals surface area contributed by atoms with Crippen molar-refractivity contribution in [1.29, 1.82) is 0 Å². The molecule has 0 spiro atoms. The Morgan fingerprint density at radius 2 is 2.00 bits per heavy atom. The Hall–Kier alpha value is -2.18. The van der Waals surface area contributed by atoms with Crippen molar-refractivity contribution in [2.75, 3.05) is 19.1 Å². The molecule has 2 aromatic rings. The predicted octanol–water partition coefficient (Wildman–Crippen LogP) is 3.17. The topological polar surface area (TPSA) is 49.9 Å². The van der Waals surface area contributed by atoms with E-state index in [1.807, 2.05) is 48.7 Å². The predicted molar refractivity (Wildman–Crippen MR) is 93.6 cm³/mol. The highest BCUT2D eigenvalue weighted by Gasteiger charge is 2.46. The van der Waals surface area contributed by atoms with Gasteiger partial charge in [-0.1, -0.05) is 23.8 Å². The van der Waals surface area contributed by atoms with Crippen LogP contribution in [0, 0.1) is 12.8 Å². The number of benzene rings is 1. The summed E-state index contributed by atoms with van der Waals surface area (Å²) in [6.45, 7) is 2.01. The van der Waals surface area contributed by atoms with Crippen molar-refractivity contribution in [2.24, 2.45) is 5.92 Å². The van der Waals surface area contributed by atoms with Gasteiger partial charge in [-0.2, -0.15) is 0 Å². The molecule has 1 saturated heterocycles. The minimum absolute atomic E-state index is 0.0416. The van der Waals surface area contributed by atoms with Gasteiger partial charge in [-0.05, 0) is 30.5 Å². The summed E-state index contributed by atoms with van der Waals surface area (Å²) in [6, 6.07) is 11.4. The van der Waals surface area contributed by atoms with Crippen LogP contribution in [0.4, 0.5) is 5.69 Å². The van der Waals surface area contributed by atoms with Gasteiger partial charge in [0.2, 0.25) is 5.91 Å². The van der Waals surface area contributed by atoms with Gasteiger partial charge in [0.15, 0.2) is 0 Å². The van der Waals surface area contributed by atoms with E-state index in [-0.39, 0.29) is 24.3 Å². The Bertz CT molecular complexity index is 727. The maximum atomic E-state index is 12.7. The maximum Gasteiger partial charge on any atom is 0.251 e. The summed E-state index contributed by atoms with van der Waals surface area (Å²) in [4.78, 5) is 33.2. The van der Waals surface area contributed by atoms with Crippen LogP contribution in [-0.2, 0) is 14.4 Å². The van der Waals surface area contributed by atoms with Gasteiger partial charge >= 0.3 is 0 Å². The Kier molecular flexibility index (Phi) is 4.69. The first kappa shape index (κ1) is 16.7. The Labute approximate surface area is 145 Å². The fourth-order valence-electron chi connectivity index (χ4n) is 3.07. The van der Waals surface area contributed by atoms with Crippen LogP contribution >= 0.6 is 11.3 Å². The third-order valence-corrected chi connectivity index (χ3v) is 5.31. The van der Waals surface area contributed by atoms with Crippen molar-refractivity contribution in [3.8, 4) is 0 Å². The van der Waals surface area contributed by atoms with Crippen molar-refractivity contribution in [1.82, 2.24) is 5.06 Å². The molecule has 2 atom stereocenters. The van der Waals surface area contributed by atoms with Crippen molar-refractivity contribution < 1.29 is 14.4 Å². The summed E-state index contributed by atoms with van der Waals surface area (Å²) in [5.74, 6) is -0.679. The molecule has 0 aliphatic carbocycles. The maximum absolute atomic E-state index is 12.7. The van der Waals surface area contributed by atoms with Crippen LogP contribution in [0.5, 0.6) is 0 Å². The van der Waals surface area contributed by atoms with Crippen molar-refractivity contribution in [3.63, 3.8) is 0 Å². The van der Waals surface area contributed by atoms with Crippen LogP contribution in [0.3, 0.4) is 0 Å². The van der Waals surface area contributed by atoms with E-state index in [0.29, 0.717) is 0 Å². The number of hydrogen-bond acceptors (Lipinski definition) is 4. The molecule has 2 unspecified atom stereocenters. The molecule has 0 saturated carbocycles. The van der Waals surface area contributed by atoms with Gasteiger partial charge in [0.25, 0.3) is 5.91 Å². The van der Waals surface area contributed by atoms with Gasteiger partial charge in [0.1, 0.15) is 0 Å². The second-order valence-electron chi connectivity index (χ2n) is 5.89. The highest BCUT2D eigenvalue weighted by molar-refractivity contribution is 7.10. The Morgan fingerprint density at radius 1 is 1.29 bits per heavy atom. The second-order valence-corrected chi connectivity index (χ2v) is 6.87. The molecule has 1 aliphatic heterocycles. The number of hydrogen-bond donors (Lipinski definition) is 0. The lowest BCUT2D eigenvalue weighted by molar-refractivity contribution is -0.173. The number of hydroxylamine groups is 2. The number of carbonyl (C=O) groups excluding carboxylic acids is 2. The minimum atomic E-state index is -0.456. The summed E-state index contributed by atoms with van der Waals surface area (Å²) in [5.41, 5.74) is 1.95. The SMILES string of the molecule is CON(C)C(=O)C1CC(=O)N(c2ccc(C)cc2)C1c1cccs1. The van der Waals surface area contributed by atoms with Gasteiger partial charge in [0, 0.05) is 24.0 Å². The molecular formula is C18H20N2O3S. The van der Waals surface area contributed by atoms with Crippen LogP contribution in [0.25, 0.3) is 0 Å². The average Bonchev–Trinajstić information content (AvgIpc) is 3.21. The summed E-state index contributed by atoms with van der Waals surface area (Å²) in [7, 11) is 3.03. The minimum Gasteiger partial charge on any atom is -0.303 e. The number of aryl methyl sites for hydroxylation is 1. The summed E-state index contributed by atoms with van der Waals surface area (Å²) in [6.07, 6.45) is 0.184. The zero-order valence-corrected chi connectivity index (χ0v) is 14.7. The van der Waals surface area contributed by atoms with Crippen molar-refractivity contribution in [2.45, 2.75) is 19.4 Å². The number of anilines is 1. The van der Waals surface area contributed by atoms with Crippen LogP contribution in [0.15, 0.2) is 41.8 Å². The Balaban J connectivity index is 2.02. The molecule has 0 bridgehead atoms. The quantitative estimate of drug-likeness (QED) is 0.801. The summed E-state index contributed by atoms with van der Waals surface area (Å²) < 4.78 is 0. The highest BCUT2D eigenvalue weighted by atomic mass is 32.1. The van der Waals surface area contributed by atoms with Crippen molar-refractivity contribution in [3.05, 3.63) is 52.2 Å². The van der Waals surface area contributed by atoms with E-state index in [0.717, 1.165) is 16.1 Å². The lowest BCUT2D eigenvalue weighted by atomic mass is 9.97. The molecule has 1 aromatic heterocycles. The lowest BCUT2D eigenvalue weighted by Crippen LogP contribution is -2.36. The highest BCUT2D eigenvalue weighted by Crippen LogP contribution is 2.43. The zero-order valence-electron chi connectivity index (χ0n) is 13.9. The van der Waals surface area contributed by atoms with E-state index >= 15 is 0 Å². The molecule has 3 rings (SSSR count). The van der Waals surface area contributed by atoms with E-state index in [2.05, 4.69) is 0 Å². The Morgan fingerprint density at radius 3 is 2.58 bits per heavy atom. The summed E-state index contributed by atoms with van der Waals surface area (Å²) >= 11 is 1.56. The zero-order chi connectivity index (χ0) is 17.3. The van der Waals surface area contributed by atoms with Crippen LogP contribution < -0.4 is 4.90 Å². The van der Waals surface area contributed by atoms with Gasteiger partial charge < -0.3 is 4.90 Å². The van der Waals surface area contributed by atoms with E-state index in [9.17, 15) is 9.59 Å². The first-order valence-electron chi connectivity index (χ1n) is 7.76. The van der Waals surface area contributed by atoms with Crippen molar-refractivity contribution >= 4 is 28.8 Å². The van der Waals surface area contributed by atoms with E-state index in [1.165, 1.54) is 12.2 Å². The molecule has 1 aromatic carbocycles. The average molecular weight is 344 g/mol. The molecule has 2 amide bonds. The molecule has 6 heteroatoms. The number of rotatable bonds is 4. The number of nitrogens with zero attached hydrogens (tertiary/aromatic N) is 2. The van der Waals surface area contributed by atoms with E-state index in [1.54, 1.807) is 23.3 Å². The van der Waals surface area contributed by atoms with Gasteiger partial charge in [-0.15, -0.1) is 11.3 Å². The lowest BCUT2D eigenvalue weighted by Gasteiger charge is -2.28. The first-order chi connectivity index (χ1) is 11.5. The largest absolute Gasteiger partial charge is 0.303 e. The number of thiophene rings is 1. The molecule has 5 nitrogen and oxygen atoms in total. The summed E-state index contributed by atoms with van der Waals surface area (Å²) in [5, 5.41) is 3.17. The molecular weight excluding hydrogens is 324 g/mol. The standard InChI is InChI=1S/C18H20N2O3S/c1-12-6-8-13(9-7-12)20-16(21)11-14(18(22)19(2)23-3)17(20)15-5-4-10-24-15/h4-10,14,17H,11H2,1-3H3. The smallest absolute Gasteiger partial charge is 0.251 e. The molecule has 0 N–H and O–H groups in total. The van der Waals surface area contributed by atoms with Gasteiger partial charge in [-0.25, -0.2) is 5.06 Å². The van der Waals surface area contributed by atoms with E-state index < -0.39 is 5.92 Å². The first-order valence-corrected chi connectivity index (χ1v) is 8.64. The second kappa shape index (κ2) is 6.75. The van der Waals surface area contributed by atoms with Gasteiger partial charge in [-0.3, -0.25) is 14.4 Å². The van der Waals surface area contributed by atoms with E-state index in [4.69, 9.17) is 4.84 Å². The fourth-order valence-corrected chi connectivity index (χ4v) is 3.95. The molecule has 2 heterocycles. The van der Waals surface area contributed by atoms with Crippen LogP contribution in [0.2, 0.25) is 0 Å². The third kappa shape index (κ3) is 2.95. The normalized spacial score (nSPS) is 20.5. The van der Waals surface area contributed by atoms with Crippen LogP contribution in [0.1, 0.15) is 22.9 Å². The van der Waals surface area contributed by atoms with Crippen LogP contribution in [-0.4, -0.2) is 31.0 Å².